The first-order chi connectivity index (χ1) is 9.67. The summed E-state index contributed by atoms with van der Waals surface area (Å²) < 4.78 is 10.1. The third kappa shape index (κ3) is 2.32. The topological polar surface area (TPSA) is 101 Å². The highest BCUT2D eigenvalue weighted by Gasteiger charge is 2.27. The summed E-state index contributed by atoms with van der Waals surface area (Å²) in [5.41, 5.74) is 2.12. The van der Waals surface area contributed by atoms with Crippen molar-refractivity contribution in [2.75, 3.05) is 0 Å². The van der Waals surface area contributed by atoms with Gasteiger partial charge in [-0.15, -0.1) is 0 Å². The summed E-state index contributed by atoms with van der Waals surface area (Å²) >= 11 is 0. The second-order valence-corrected chi connectivity index (χ2v) is 4.93. The Morgan fingerprint density at radius 3 is 3.05 bits per heavy atom. The number of hydrogen-bond acceptors (Lipinski definition) is 6. The van der Waals surface area contributed by atoms with E-state index in [2.05, 4.69) is 15.6 Å². The molecule has 0 aliphatic heterocycles. The fraction of sp³-hybridized carbons (Fsp3) is 0.462. The zero-order valence-corrected chi connectivity index (χ0v) is 11.0. The number of carbonyl (C=O) groups excluding carboxylic acids is 1. The van der Waals surface area contributed by atoms with Crippen LogP contribution < -0.4 is 5.32 Å². The lowest BCUT2D eigenvalue weighted by molar-refractivity contribution is 0.0895. The summed E-state index contributed by atoms with van der Waals surface area (Å²) in [7, 11) is 0. The molecule has 0 fully saturated rings. The van der Waals surface area contributed by atoms with E-state index in [1.807, 2.05) is 0 Å². The normalized spacial score (nSPS) is 17.8. The van der Waals surface area contributed by atoms with E-state index in [1.165, 1.54) is 0 Å². The van der Waals surface area contributed by atoms with Crippen LogP contribution in [-0.4, -0.2) is 27.4 Å². The van der Waals surface area contributed by atoms with E-state index < -0.39 is 0 Å². The molecule has 106 valence electrons. The minimum Gasteiger partial charge on any atom is -0.390 e. The zero-order valence-electron chi connectivity index (χ0n) is 11.0. The van der Waals surface area contributed by atoms with Crippen molar-refractivity contribution in [2.24, 2.45) is 0 Å². The van der Waals surface area contributed by atoms with Gasteiger partial charge in [0, 0.05) is 24.1 Å². The number of carbonyl (C=O) groups is 1. The molecule has 1 atom stereocenters. The minimum atomic E-state index is -0.277. The Labute approximate surface area is 114 Å². The Kier molecular flexibility index (Phi) is 3.27. The molecular weight excluding hydrogens is 262 g/mol. The van der Waals surface area contributed by atoms with Crippen molar-refractivity contribution in [2.45, 2.75) is 38.8 Å². The van der Waals surface area contributed by atoms with Crippen LogP contribution >= 0.6 is 0 Å². The van der Waals surface area contributed by atoms with Gasteiger partial charge in [-0.05, 0) is 19.8 Å². The molecule has 3 rings (SSSR count). The van der Waals surface area contributed by atoms with Gasteiger partial charge in [-0.1, -0.05) is 10.3 Å². The van der Waals surface area contributed by atoms with Gasteiger partial charge in [-0.25, -0.2) is 0 Å². The second-order valence-electron chi connectivity index (χ2n) is 4.93. The maximum Gasteiger partial charge on any atom is 0.290 e. The van der Waals surface area contributed by atoms with Gasteiger partial charge in [0.25, 0.3) is 5.91 Å². The van der Waals surface area contributed by atoms with Crippen molar-refractivity contribution in [3.05, 3.63) is 34.5 Å². The summed E-state index contributed by atoms with van der Waals surface area (Å²) in [6.45, 7) is 1.61. The molecule has 2 aromatic heterocycles. The van der Waals surface area contributed by atoms with E-state index in [0.29, 0.717) is 24.2 Å². The van der Waals surface area contributed by atoms with Gasteiger partial charge in [0.05, 0.1) is 12.3 Å². The number of aliphatic hydroxyl groups is 1. The highest BCUT2D eigenvalue weighted by atomic mass is 16.5. The molecule has 1 aliphatic rings. The molecule has 7 heteroatoms. The lowest BCUT2D eigenvalue weighted by Gasteiger charge is -2.21. The van der Waals surface area contributed by atoms with Crippen molar-refractivity contribution in [3.8, 4) is 0 Å². The van der Waals surface area contributed by atoms with Gasteiger partial charge in [-0.2, -0.15) is 0 Å². The fourth-order valence-corrected chi connectivity index (χ4v) is 2.44. The molecule has 0 saturated heterocycles. The number of hydrogen-bond donors (Lipinski definition) is 2. The summed E-state index contributed by atoms with van der Waals surface area (Å²) in [5.74, 6) is 0.733. The molecule has 1 amide bonds. The van der Waals surface area contributed by atoms with E-state index >= 15 is 0 Å². The molecule has 0 aromatic carbocycles. The highest BCUT2D eigenvalue weighted by molar-refractivity contribution is 5.91. The third-order valence-corrected chi connectivity index (χ3v) is 3.46. The van der Waals surface area contributed by atoms with Crippen LogP contribution in [0.1, 0.15) is 39.7 Å². The smallest absolute Gasteiger partial charge is 0.290 e. The number of nitrogens with zero attached hydrogens (tertiary/aromatic N) is 2. The molecule has 20 heavy (non-hydrogen) atoms. The number of fused-ring (bicyclic) bond motifs is 1. The van der Waals surface area contributed by atoms with E-state index in [9.17, 15) is 9.90 Å². The minimum absolute atomic E-state index is 0.0230. The lowest BCUT2D eigenvalue weighted by atomic mass is 9.92. The molecule has 0 bridgehead atoms. The summed E-state index contributed by atoms with van der Waals surface area (Å²) in [6, 6.07) is 1.58. The zero-order chi connectivity index (χ0) is 14.1. The SMILES string of the molecule is Cc1cc(C(=O)NC2CCc3onc(CO)c3C2)on1. The summed E-state index contributed by atoms with van der Waals surface area (Å²) in [4.78, 5) is 12.0. The second kappa shape index (κ2) is 5.09. The number of aromatic nitrogens is 2. The maximum absolute atomic E-state index is 12.0. The van der Waals surface area contributed by atoms with Crippen LogP contribution in [0.4, 0.5) is 0 Å². The van der Waals surface area contributed by atoms with Gasteiger partial charge in [0.1, 0.15) is 11.5 Å². The number of rotatable bonds is 3. The Morgan fingerprint density at radius 2 is 2.35 bits per heavy atom. The van der Waals surface area contributed by atoms with Crippen LogP contribution in [0.2, 0.25) is 0 Å². The first-order valence-corrected chi connectivity index (χ1v) is 6.48. The van der Waals surface area contributed by atoms with Crippen LogP contribution in [0.25, 0.3) is 0 Å². The van der Waals surface area contributed by atoms with Crippen LogP contribution in [0.15, 0.2) is 15.1 Å². The molecule has 0 radical (unpaired) electrons. The van der Waals surface area contributed by atoms with E-state index in [0.717, 1.165) is 17.7 Å². The van der Waals surface area contributed by atoms with Crippen molar-refractivity contribution in [1.82, 2.24) is 15.6 Å². The first-order valence-electron chi connectivity index (χ1n) is 6.48. The first kappa shape index (κ1) is 12.9. The van der Waals surface area contributed by atoms with Crippen LogP contribution in [-0.2, 0) is 19.4 Å². The van der Waals surface area contributed by atoms with Gasteiger partial charge < -0.3 is 19.5 Å². The molecule has 1 unspecified atom stereocenters. The summed E-state index contributed by atoms with van der Waals surface area (Å²) in [5, 5.41) is 19.6. The molecular formula is C13H15N3O4. The van der Waals surface area contributed by atoms with Crippen molar-refractivity contribution in [1.29, 1.82) is 0 Å². The largest absolute Gasteiger partial charge is 0.390 e. The lowest BCUT2D eigenvalue weighted by Crippen LogP contribution is -2.38. The van der Waals surface area contributed by atoms with Crippen LogP contribution in [0, 0.1) is 6.92 Å². The number of aliphatic hydroxyl groups excluding tert-OH is 1. The molecule has 0 spiro atoms. The standard InChI is InChI=1S/C13H15N3O4/c1-7-4-12(20-15-7)13(18)14-8-2-3-11-9(5-8)10(6-17)16-19-11/h4,8,17H,2-3,5-6H2,1H3,(H,14,18). The van der Waals surface area contributed by atoms with Gasteiger partial charge in [0.15, 0.2) is 0 Å². The molecule has 0 saturated carbocycles. The number of amides is 1. The van der Waals surface area contributed by atoms with E-state index in [-0.39, 0.29) is 24.3 Å². The Bertz CT molecular complexity index is 618. The van der Waals surface area contributed by atoms with Crippen molar-refractivity contribution < 1.29 is 18.9 Å². The fourth-order valence-electron chi connectivity index (χ4n) is 2.44. The quantitative estimate of drug-likeness (QED) is 0.858. The Hall–Kier alpha value is -2.15. The maximum atomic E-state index is 12.0. The number of nitrogens with one attached hydrogen (secondary N) is 1. The van der Waals surface area contributed by atoms with E-state index in [1.54, 1.807) is 13.0 Å². The molecule has 1 aliphatic carbocycles. The molecule has 2 heterocycles. The van der Waals surface area contributed by atoms with Gasteiger partial charge in [-0.3, -0.25) is 4.79 Å². The monoisotopic (exact) mass is 277 g/mol. The Morgan fingerprint density at radius 1 is 1.50 bits per heavy atom. The average molecular weight is 277 g/mol. The van der Waals surface area contributed by atoms with E-state index in [4.69, 9.17) is 9.05 Å². The van der Waals surface area contributed by atoms with Crippen molar-refractivity contribution in [3.63, 3.8) is 0 Å². The highest BCUT2D eigenvalue weighted by Crippen LogP contribution is 2.24. The number of aryl methyl sites for hydroxylation is 2. The van der Waals surface area contributed by atoms with Gasteiger partial charge >= 0.3 is 0 Å². The molecule has 2 aromatic rings. The van der Waals surface area contributed by atoms with Crippen LogP contribution in [0.3, 0.4) is 0 Å². The molecule has 7 nitrogen and oxygen atoms in total. The third-order valence-electron chi connectivity index (χ3n) is 3.46. The predicted octanol–water partition coefficient (Wildman–Crippen LogP) is 0.751. The van der Waals surface area contributed by atoms with Crippen molar-refractivity contribution >= 4 is 5.91 Å². The summed E-state index contributed by atoms with van der Waals surface area (Å²) in [6.07, 6.45) is 2.07. The predicted molar refractivity (Wildman–Crippen MR) is 66.9 cm³/mol. The average Bonchev–Trinajstić information content (AvgIpc) is 3.04. The Balaban J connectivity index is 1.69. The molecule has 2 N–H and O–H groups in total. The van der Waals surface area contributed by atoms with Gasteiger partial charge in [0.2, 0.25) is 5.76 Å². The van der Waals surface area contributed by atoms with Crippen LogP contribution in [0.5, 0.6) is 0 Å².